The maximum Gasteiger partial charge on any atom is 0.0925 e. The lowest BCUT2D eigenvalue weighted by Gasteiger charge is -2.24. The molecule has 0 saturated heterocycles. The van der Waals surface area contributed by atoms with Crippen molar-refractivity contribution in [1.29, 1.82) is 0 Å². The summed E-state index contributed by atoms with van der Waals surface area (Å²) in [5.74, 6) is 0. The van der Waals surface area contributed by atoms with E-state index in [-0.39, 0.29) is 0 Å². The fourth-order valence-electron chi connectivity index (χ4n) is 2.56. The van der Waals surface area contributed by atoms with Crippen LogP contribution in [0.5, 0.6) is 0 Å². The molecule has 0 fully saturated rings. The smallest absolute Gasteiger partial charge is 0.0925 e. The Morgan fingerprint density at radius 1 is 1.00 bits per heavy atom. The molecule has 23 heavy (non-hydrogen) atoms. The number of thiophene rings is 1. The van der Waals surface area contributed by atoms with E-state index >= 15 is 0 Å². The van der Waals surface area contributed by atoms with Gasteiger partial charge in [0.1, 0.15) is 0 Å². The van der Waals surface area contributed by atoms with E-state index in [2.05, 4.69) is 22.0 Å². The summed E-state index contributed by atoms with van der Waals surface area (Å²) < 4.78 is 0. The van der Waals surface area contributed by atoms with Gasteiger partial charge in [-0.25, -0.2) is 0 Å². The third-order valence-corrected chi connectivity index (χ3v) is 4.42. The quantitative estimate of drug-likeness (QED) is 0.716. The van der Waals surface area contributed by atoms with Crippen molar-refractivity contribution in [2.24, 2.45) is 0 Å². The number of aromatic nitrogens is 1. The lowest BCUT2D eigenvalue weighted by molar-refractivity contribution is 0.104. The van der Waals surface area contributed by atoms with Gasteiger partial charge >= 0.3 is 0 Å². The largest absolute Gasteiger partial charge is 0.387 e. The number of aliphatic hydroxyl groups excluding tert-OH is 1. The molecule has 0 aliphatic rings. The SMILES string of the molecule is OC(CN(Cc1ccccc1)Cc1ccccn1)c1ccsc1. The maximum atomic E-state index is 10.5. The Morgan fingerprint density at radius 3 is 2.52 bits per heavy atom. The standard InChI is InChI=1S/C19H20N2OS/c22-19(17-9-11-23-15-17)14-21(12-16-6-2-1-3-7-16)13-18-8-4-5-10-20-18/h1-11,15,19,22H,12-14H2. The molecule has 3 aromatic rings. The van der Waals surface area contributed by atoms with E-state index in [1.807, 2.05) is 59.4 Å². The fourth-order valence-corrected chi connectivity index (χ4v) is 3.27. The van der Waals surface area contributed by atoms with Gasteiger partial charge in [-0.05, 0) is 40.1 Å². The Labute approximate surface area is 140 Å². The number of benzene rings is 1. The van der Waals surface area contributed by atoms with Crippen LogP contribution in [0.3, 0.4) is 0 Å². The van der Waals surface area contributed by atoms with E-state index in [9.17, 15) is 5.11 Å². The first kappa shape index (κ1) is 15.9. The molecule has 2 heterocycles. The minimum Gasteiger partial charge on any atom is -0.387 e. The monoisotopic (exact) mass is 324 g/mol. The summed E-state index contributed by atoms with van der Waals surface area (Å²) in [6, 6.07) is 18.3. The van der Waals surface area contributed by atoms with Gasteiger partial charge in [-0.3, -0.25) is 9.88 Å². The number of rotatable bonds is 7. The van der Waals surface area contributed by atoms with Gasteiger partial charge in [0.05, 0.1) is 11.8 Å². The van der Waals surface area contributed by atoms with Crippen LogP contribution in [0.2, 0.25) is 0 Å². The first-order chi connectivity index (χ1) is 11.3. The van der Waals surface area contributed by atoms with Crippen LogP contribution in [-0.4, -0.2) is 21.5 Å². The number of aliphatic hydroxyl groups is 1. The minimum absolute atomic E-state index is 0.478. The van der Waals surface area contributed by atoms with Crippen molar-refractivity contribution >= 4 is 11.3 Å². The molecule has 3 nitrogen and oxygen atoms in total. The Morgan fingerprint density at radius 2 is 1.83 bits per heavy atom. The van der Waals surface area contributed by atoms with Crippen LogP contribution in [0.25, 0.3) is 0 Å². The third kappa shape index (κ3) is 4.73. The van der Waals surface area contributed by atoms with Gasteiger partial charge in [0, 0.05) is 25.8 Å². The number of nitrogens with zero attached hydrogens (tertiary/aromatic N) is 2. The average molecular weight is 324 g/mol. The molecular weight excluding hydrogens is 304 g/mol. The van der Waals surface area contributed by atoms with E-state index in [4.69, 9.17) is 0 Å². The molecule has 0 aliphatic carbocycles. The second kappa shape index (κ2) is 8.02. The second-order valence-corrected chi connectivity index (χ2v) is 6.33. The third-order valence-electron chi connectivity index (χ3n) is 3.72. The molecule has 1 atom stereocenters. The molecule has 0 bridgehead atoms. The van der Waals surface area contributed by atoms with Gasteiger partial charge in [-0.15, -0.1) is 0 Å². The van der Waals surface area contributed by atoms with Crippen LogP contribution in [0.4, 0.5) is 0 Å². The topological polar surface area (TPSA) is 36.4 Å². The van der Waals surface area contributed by atoms with Gasteiger partial charge < -0.3 is 5.11 Å². The normalized spacial score (nSPS) is 12.4. The zero-order valence-electron chi connectivity index (χ0n) is 12.9. The maximum absolute atomic E-state index is 10.5. The highest BCUT2D eigenvalue weighted by Gasteiger charge is 2.15. The molecular formula is C19H20N2OS. The van der Waals surface area contributed by atoms with E-state index in [0.29, 0.717) is 6.54 Å². The molecule has 0 saturated carbocycles. The fraction of sp³-hybridized carbons (Fsp3) is 0.211. The zero-order chi connectivity index (χ0) is 15.9. The molecule has 1 unspecified atom stereocenters. The number of hydrogen-bond acceptors (Lipinski definition) is 4. The molecule has 2 aromatic heterocycles. The Hall–Kier alpha value is -2.01. The van der Waals surface area contributed by atoms with Crippen molar-refractivity contribution in [3.8, 4) is 0 Å². The first-order valence-electron chi connectivity index (χ1n) is 7.67. The van der Waals surface area contributed by atoms with Crippen molar-refractivity contribution in [3.63, 3.8) is 0 Å². The van der Waals surface area contributed by atoms with Crippen LogP contribution < -0.4 is 0 Å². The highest BCUT2D eigenvalue weighted by atomic mass is 32.1. The first-order valence-corrected chi connectivity index (χ1v) is 8.62. The van der Waals surface area contributed by atoms with E-state index in [1.54, 1.807) is 11.3 Å². The highest BCUT2D eigenvalue weighted by molar-refractivity contribution is 7.07. The molecule has 0 spiro atoms. The molecule has 1 aromatic carbocycles. The summed E-state index contributed by atoms with van der Waals surface area (Å²) in [6.07, 6.45) is 1.33. The van der Waals surface area contributed by atoms with Gasteiger partial charge in [-0.1, -0.05) is 36.4 Å². The predicted octanol–water partition coefficient (Wildman–Crippen LogP) is 3.88. The Balaban J connectivity index is 1.72. The van der Waals surface area contributed by atoms with Gasteiger partial charge in [0.2, 0.25) is 0 Å². The summed E-state index contributed by atoms with van der Waals surface area (Å²) in [4.78, 5) is 6.65. The van der Waals surface area contributed by atoms with Gasteiger partial charge in [-0.2, -0.15) is 11.3 Å². The van der Waals surface area contributed by atoms with Crippen LogP contribution in [-0.2, 0) is 13.1 Å². The molecule has 1 N–H and O–H groups in total. The number of hydrogen-bond donors (Lipinski definition) is 1. The average Bonchev–Trinajstić information content (AvgIpc) is 3.11. The van der Waals surface area contributed by atoms with E-state index in [1.165, 1.54) is 5.56 Å². The van der Waals surface area contributed by atoms with Crippen molar-refractivity contribution in [2.45, 2.75) is 19.2 Å². The van der Waals surface area contributed by atoms with E-state index < -0.39 is 6.10 Å². The van der Waals surface area contributed by atoms with Crippen LogP contribution in [0.1, 0.15) is 22.9 Å². The van der Waals surface area contributed by atoms with Crippen LogP contribution >= 0.6 is 11.3 Å². The molecule has 3 rings (SSSR count). The van der Waals surface area contributed by atoms with Crippen molar-refractivity contribution in [2.75, 3.05) is 6.54 Å². The predicted molar refractivity (Wildman–Crippen MR) is 94.1 cm³/mol. The molecule has 0 radical (unpaired) electrons. The summed E-state index contributed by atoms with van der Waals surface area (Å²) in [5, 5.41) is 14.5. The van der Waals surface area contributed by atoms with Crippen molar-refractivity contribution in [1.82, 2.24) is 9.88 Å². The molecule has 0 amide bonds. The minimum atomic E-state index is -0.478. The Kier molecular flexibility index (Phi) is 5.53. The van der Waals surface area contributed by atoms with Crippen LogP contribution in [0, 0.1) is 0 Å². The molecule has 118 valence electrons. The highest BCUT2D eigenvalue weighted by Crippen LogP contribution is 2.19. The van der Waals surface area contributed by atoms with Gasteiger partial charge in [0.15, 0.2) is 0 Å². The second-order valence-electron chi connectivity index (χ2n) is 5.55. The summed E-state index contributed by atoms with van der Waals surface area (Å²) in [5.41, 5.74) is 3.23. The number of pyridine rings is 1. The van der Waals surface area contributed by atoms with Crippen molar-refractivity contribution in [3.05, 3.63) is 88.4 Å². The van der Waals surface area contributed by atoms with E-state index in [0.717, 1.165) is 24.3 Å². The lowest BCUT2D eigenvalue weighted by atomic mass is 10.1. The summed E-state index contributed by atoms with van der Waals surface area (Å²) in [6.45, 7) is 2.09. The van der Waals surface area contributed by atoms with Crippen molar-refractivity contribution < 1.29 is 5.11 Å². The van der Waals surface area contributed by atoms with Gasteiger partial charge in [0.25, 0.3) is 0 Å². The zero-order valence-corrected chi connectivity index (χ0v) is 13.7. The molecule has 4 heteroatoms. The molecule has 0 aliphatic heterocycles. The lowest BCUT2D eigenvalue weighted by Crippen LogP contribution is -2.28. The summed E-state index contributed by atoms with van der Waals surface area (Å²) >= 11 is 1.61. The van der Waals surface area contributed by atoms with Crippen LogP contribution in [0.15, 0.2) is 71.6 Å². The summed E-state index contributed by atoms with van der Waals surface area (Å²) in [7, 11) is 0. The Bertz CT molecular complexity index is 644.